The van der Waals surface area contributed by atoms with E-state index in [1.807, 2.05) is 13.0 Å². The molecule has 0 aliphatic rings. The van der Waals surface area contributed by atoms with Crippen LogP contribution >= 0.6 is 0 Å². The van der Waals surface area contributed by atoms with E-state index in [2.05, 4.69) is 50.1 Å². The number of rotatable bonds is 19. The normalized spacial score (nSPS) is 12.5. The summed E-state index contributed by atoms with van der Waals surface area (Å²) in [5.74, 6) is 0.0637. The maximum Gasteiger partial charge on any atom is 0.151 e. The molecule has 0 atom stereocenters. The van der Waals surface area contributed by atoms with E-state index in [9.17, 15) is 4.79 Å². The van der Waals surface area contributed by atoms with Crippen LogP contribution in [0.15, 0.2) is 46.4 Å². The van der Waals surface area contributed by atoms with Gasteiger partial charge >= 0.3 is 0 Å². The summed E-state index contributed by atoms with van der Waals surface area (Å²) >= 11 is 0. The fourth-order valence-corrected chi connectivity index (χ4v) is 5.95. The number of hydrogen-bond acceptors (Lipinski definition) is 5. The molecule has 3 aromatic rings. The lowest BCUT2D eigenvalue weighted by molar-refractivity contribution is -0.115. The minimum Gasteiger partial charge on any atom is -0.397 e. The fraction of sp³-hybridized carbons (Fsp3) is 0.541. The van der Waals surface area contributed by atoms with E-state index < -0.39 is 0 Å². The first-order chi connectivity index (χ1) is 20.7. The highest BCUT2D eigenvalue weighted by molar-refractivity contribution is 6.19. The van der Waals surface area contributed by atoms with Gasteiger partial charge in [-0.25, -0.2) is 0 Å². The lowest BCUT2D eigenvalue weighted by atomic mass is 9.97. The first-order valence-electron chi connectivity index (χ1n) is 16.6. The van der Waals surface area contributed by atoms with Gasteiger partial charge in [0.25, 0.3) is 0 Å². The van der Waals surface area contributed by atoms with Crippen molar-refractivity contribution < 1.29 is 4.79 Å². The first-order valence-corrected chi connectivity index (χ1v) is 16.6. The smallest absolute Gasteiger partial charge is 0.151 e. The van der Waals surface area contributed by atoms with Crippen LogP contribution in [0.4, 0.5) is 11.4 Å². The number of aliphatic imine (C=N–C) groups is 2. The number of nitrogens with two attached hydrogens (primary N) is 2. The van der Waals surface area contributed by atoms with E-state index in [4.69, 9.17) is 21.5 Å². The molecule has 0 radical (unpaired) electrons. The molecule has 43 heavy (non-hydrogen) atoms. The second kappa shape index (κ2) is 17.0. The number of fused-ring (bicyclic) bond motifs is 3. The van der Waals surface area contributed by atoms with Gasteiger partial charge in [-0.1, -0.05) is 77.4 Å². The summed E-state index contributed by atoms with van der Waals surface area (Å²) in [4.78, 5) is 21.7. The summed E-state index contributed by atoms with van der Waals surface area (Å²) < 4.78 is 2.23. The molecule has 6 heteroatoms. The fourth-order valence-electron chi connectivity index (χ4n) is 5.95. The Labute approximate surface area is 259 Å². The van der Waals surface area contributed by atoms with Crippen molar-refractivity contribution in [1.29, 1.82) is 0 Å². The van der Waals surface area contributed by atoms with Gasteiger partial charge in [0.1, 0.15) is 0 Å². The second-order valence-electron chi connectivity index (χ2n) is 12.2. The largest absolute Gasteiger partial charge is 0.397 e. The van der Waals surface area contributed by atoms with Gasteiger partial charge in [-0.15, -0.1) is 0 Å². The van der Waals surface area contributed by atoms with Gasteiger partial charge in [-0.05, 0) is 81.8 Å². The summed E-state index contributed by atoms with van der Waals surface area (Å²) in [5.41, 5.74) is 22.2. The molecule has 0 saturated carbocycles. The summed E-state index contributed by atoms with van der Waals surface area (Å²) in [5, 5.41) is 2.16. The van der Waals surface area contributed by atoms with Crippen LogP contribution in [0.2, 0.25) is 0 Å². The molecule has 0 aliphatic heterocycles. The highest BCUT2D eigenvalue weighted by Crippen LogP contribution is 2.38. The van der Waals surface area contributed by atoms with Crippen molar-refractivity contribution in [3.63, 3.8) is 0 Å². The predicted octanol–water partition coefficient (Wildman–Crippen LogP) is 9.44. The molecule has 0 amide bonds. The number of aromatic nitrogens is 1. The topological polar surface area (TPSA) is 98.8 Å². The molecule has 6 nitrogen and oxygen atoms in total. The number of nitrogens with zero attached hydrogens (tertiary/aromatic N) is 3. The van der Waals surface area contributed by atoms with Crippen LogP contribution in [0.25, 0.3) is 21.8 Å². The van der Waals surface area contributed by atoms with Gasteiger partial charge in [0.15, 0.2) is 5.78 Å². The van der Waals surface area contributed by atoms with Crippen LogP contribution in [0.5, 0.6) is 0 Å². The highest BCUT2D eigenvalue weighted by Gasteiger charge is 2.19. The molecular weight excluding hydrogens is 530 g/mol. The molecule has 3 rings (SSSR count). The number of carbonyl (C=O) groups is 1. The molecular formula is C37H55N5O. The number of anilines is 2. The molecule has 0 unspecified atom stereocenters. The summed E-state index contributed by atoms with van der Waals surface area (Å²) in [7, 11) is 0. The maximum atomic E-state index is 11.9. The number of nitrogen functional groups attached to an aromatic ring is 2. The average molecular weight is 586 g/mol. The Kier molecular flexibility index (Phi) is 13.5. The third kappa shape index (κ3) is 9.29. The second-order valence-corrected chi connectivity index (χ2v) is 12.2. The van der Waals surface area contributed by atoms with E-state index in [0.717, 1.165) is 94.3 Å². The van der Waals surface area contributed by atoms with Gasteiger partial charge in [0.2, 0.25) is 0 Å². The molecule has 1 aromatic heterocycles. The molecule has 0 bridgehead atoms. The Morgan fingerprint density at radius 2 is 1.14 bits per heavy atom. The highest BCUT2D eigenvalue weighted by atomic mass is 16.1. The predicted molar refractivity (Wildman–Crippen MR) is 189 cm³/mol. The van der Waals surface area contributed by atoms with Gasteiger partial charge in [-0.3, -0.25) is 14.8 Å². The minimum atomic E-state index is 0.0637. The number of Topliss-reactive ketones (excluding diaryl/α,β-unsaturated/α-hetero) is 1. The van der Waals surface area contributed by atoms with Crippen LogP contribution in [-0.4, -0.2) is 34.9 Å². The van der Waals surface area contributed by atoms with E-state index in [1.165, 1.54) is 44.9 Å². The lowest BCUT2D eigenvalue weighted by Crippen LogP contribution is -2.07. The zero-order valence-electron chi connectivity index (χ0n) is 27.5. The molecule has 2 aromatic carbocycles. The van der Waals surface area contributed by atoms with Crippen molar-refractivity contribution in [2.45, 2.75) is 118 Å². The van der Waals surface area contributed by atoms with Gasteiger partial charge in [0, 0.05) is 28.7 Å². The van der Waals surface area contributed by atoms with Crippen LogP contribution < -0.4 is 11.5 Å². The summed E-state index contributed by atoms with van der Waals surface area (Å²) in [6, 6.07) is 8.59. The van der Waals surface area contributed by atoms with E-state index in [0.29, 0.717) is 12.2 Å². The number of unbranched alkanes of at least 4 members (excludes halogenated alkanes) is 8. The molecule has 0 aliphatic carbocycles. The number of benzene rings is 2. The Morgan fingerprint density at radius 3 is 1.53 bits per heavy atom. The van der Waals surface area contributed by atoms with E-state index in [1.54, 1.807) is 6.92 Å². The number of carbonyl (C=O) groups excluding carboxylic acids is 1. The molecule has 0 spiro atoms. The third-order valence-electron chi connectivity index (χ3n) is 8.16. The van der Waals surface area contributed by atoms with Crippen LogP contribution in [0.3, 0.4) is 0 Å². The van der Waals surface area contributed by atoms with E-state index in [-0.39, 0.29) is 12.3 Å². The molecule has 0 fully saturated rings. The van der Waals surface area contributed by atoms with Gasteiger partial charge < -0.3 is 16.0 Å². The summed E-state index contributed by atoms with van der Waals surface area (Å²) in [6.07, 6.45) is 13.7. The van der Waals surface area contributed by atoms with Crippen LogP contribution in [0, 0.1) is 0 Å². The Balaban J connectivity index is 2.14. The Morgan fingerprint density at radius 1 is 0.698 bits per heavy atom. The van der Waals surface area contributed by atoms with Crippen molar-refractivity contribution in [1.82, 2.24) is 4.57 Å². The average Bonchev–Trinajstić information content (AvgIpc) is 3.30. The quantitative estimate of drug-likeness (QED) is 0.0634. The lowest BCUT2D eigenvalue weighted by Gasteiger charge is -2.12. The van der Waals surface area contributed by atoms with Crippen molar-refractivity contribution in [2.24, 2.45) is 9.98 Å². The third-order valence-corrected chi connectivity index (χ3v) is 8.16. The SMILES string of the molecule is C=C(C)C/N=C(\CCCCCCC)c1cc(N)c2c(c1)c1cc(/C(CCCCCCC)=N/CC(C)=O)cc(N)c1n2CC. The van der Waals surface area contributed by atoms with Gasteiger partial charge in [-0.2, -0.15) is 0 Å². The molecule has 4 N–H and O–H groups in total. The van der Waals surface area contributed by atoms with E-state index >= 15 is 0 Å². The van der Waals surface area contributed by atoms with Gasteiger partial charge in [0.05, 0.1) is 35.5 Å². The molecule has 1 heterocycles. The van der Waals surface area contributed by atoms with Crippen LogP contribution in [0.1, 0.15) is 123 Å². The number of ketones is 1. The maximum absolute atomic E-state index is 11.9. The van der Waals surface area contributed by atoms with Crippen molar-refractivity contribution in [3.05, 3.63) is 47.5 Å². The van der Waals surface area contributed by atoms with Crippen molar-refractivity contribution >= 4 is 50.4 Å². The Hall–Kier alpha value is -3.41. The molecule has 0 saturated heterocycles. The number of hydrogen-bond donors (Lipinski definition) is 2. The zero-order chi connectivity index (χ0) is 31.4. The standard InChI is InChI=1S/C37H55N5O/c1-7-10-12-14-16-18-34(40-24-26(4)5)28-20-30-31-21-29(35(41-25-27(6)43)19-17-15-13-11-8-2)23-33(39)37(31)42(9-3)36(30)32(38)22-28/h20-23H,4,7-19,24-25,38-39H2,1-3,5-6H3/b40-34+,41-35+. The monoisotopic (exact) mass is 585 g/mol. The van der Waals surface area contributed by atoms with Crippen molar-refractivity contribution in [2.75, 3.05) is 24.6 Å². The number of aryl methyl sites for hydroxylation is 1. The minimum absolute atomic E-state index is 0.0637. The van der Waals surface area contributed by atoms with Crippen molar-refractivity contribution in [3.8, 4) is 0 Å². The zero-order valence-corrected chi connectivity index (χ0v) is 27.5. The van der Waals surface area contributed by atoms with Crippen LogP contribution in [-0.2, 0) is 11.3 Å². The Bertz CT molecular complexity index is 1350. The first kappa shape index (κ1) is 34.1. The summed E-state index contributed by atoms with van der Waals surface area (Å²) in [6.45, 7) is 15.9. The molecule has 234 valence electrons.